The lowest BCUT2D eigenvalue weighted by molar-refractivity contribution is 0.0600. The van der Waals surface area contributed by atoms with Gasteiger partial charge < -0.3 is 10.1 Å². The Labute approximate surface area is 125 Å². The summed E-state index contributed by atoms with van der Waals surface area (Å²) in [6.07, 6.45) is 3.20. The molecule has 7 nitrogen and oxygen atoms in total. The Morgan fingerprint density at radius 3 is 2.68 bits per heavy atom. The predicted molar refractivity (Wildman–Crippen MR) is 79.6 cm³/mol. The number of hydrogen-bond donors (Lipinski definition) is 2. The molecule has 0 spiro atoms. The Hall–Kier alpha value is -3.22. The summed E-state index contributed by atoms with van der Waals surface area (Å²) in [5, 5.41) is 10.1. The van der Waals surface area contributed by atoms with Crippen molar-refractivity contribution in [2.24, 2.45) is 0 Å². The standard InChI is InChI=1S/C15H12N4O3/c1-22-15(21)9-2-4-10(5-3-9)17-14(20)13-11-8-16-7-6-12(11)18-19-13/h2-8H,1H3,(H,17,20)(H,18,19). The number of aromatic nitrogens is 3. The number of H-pyrrole nitrogens is 1. The zero-order valence-corrected chi connectivity index (χ0v) is 11.7. The first kappa shape index (κ1) is 13.7. The molecule has 0 atom stereocenters. The molecular weight excluding hydrogens is 284 g/mol. The molecule has 0 aliphatic rings. The molecule has 22 heavy (non-hydrogen) atoms. The van der Waals surface area contributed by atoms with Crippen LogP contribution < -0.4 is 5.32 Å². The molecule has 0 radical (unpaired) electrons. The maximum atomic E-state index is 12.3. The van der Waals surface area contributed by atoms with E-state index in [1.165, 1.54) is 7.11 Å². The van der Waals surface area contributed by atoms with Crippen molar-refractivity contribution in [2.45, 2.75) is 0 Å². The number of methoxy groups -OCH3 is 1. The second-order valence-electron chi connectivity index (χ2n) is 4.52. The first-order chi connectivity index (χ1) is 10.7. The number of nitrogens with zero attached hydrogens (tertiary/aromatic N) is 2. The Kier molecular flexibility index (Phi) is 3.53. The highest BCUT2D eigenvalue weighted by Gasteiger charge is 2.14. The molecule has 1 amide bonds. The van der Waals surface area contributed by atoms with Crippen LogP contribution in [0, 0.1) is 0 Å². The van der Waals surface area contributed by atoms with Gasteiger partial charge in [-0.25, -0.2) is 4.79 Å². The number of rotatable bonds is 3. The van der Waals surface area contributed by atoms with Crippen LogP contribution in [0.2, 0.25) is 0 Å². The smallest absolute Gasteiger partial charge is 0.337 e. The van der Waals surface area contributed by atoms with E-state index in [0.717, 1.165) is 5.52 Å². The average molecular weight is 296 g/mol. The molecular formula is C15H12N4O3. The number of benzene rings is 1. The molecule has 0 saturated carbocycles. The number of pyridine rings is 1. The summed E-state index contributed by atoms with van der Waals surface area (Å²) in [6, 6.07) is 8.13. The normalized spacial score (nSPS) is 10.4. The van der Waals surface area contributed by atoms with E-state index in [-0.39, 0.29) is 11.6 Å². The minimum atomic E-state index is -0.428. The molecule has 1 aromatic carbocycles. The van der Waals surface area contributed by atoms with Gasteiger partial charge in [-0.3, -0.25) is 14.9 Å². The first-order valence-corrected chi connectivity index (χ1v) is 6.47. The molecule has 2 N–H and O–H groups in total. The van der Waals surface area contributed by atoms with E-state index in [4.69, 9.17) is 0 Å². The molecule has 0 aliphatic carbocycles. The zero-order chi connectivity index (χ0) is 15.5. The SMILES string of the molecule is COC(=O)c1ccc(NC(=O)c2n[nH]c3ccncc23)cc1. The number of aromatic amines is 1. The van der Waals surface area contributed by atoms with E-state index in [1.54, 1.807) is 42.7 Å². The third-order valence-corrected chi connectivity index (χ3v) is 3.14. The van der Waals surface area contributed by atoms with Crippen LogP contribution in [-0.2, 0) is 4.74 Å². The molecule has 7 heteroatoms. The molecule has 0 unspecified atom stereocenters. The lowest BCUT2D eigenvalue weighted by Gasteiger charge is -2.04. The number of carbonyl (C=O) groups excluding carboxylic acids is 2. The van der Waals surface area contributed by atoms with Gasteiger partial charge in [0.25, 0.3) is 5.91 Å². The second kappa shape index (κ2) is 5.65. The summed E-state index contributed by atoms with van der Waals surface area (Å²) in [6.45, 7) is 0. The van der Waals surface area contributed by atoms with Crippen LogP contribution in [0.5, 0.6) is 0 Å². The van der Waals surface area contributed by atoms with Crippen LogP contribution in [0.25, 0.3) is 10.9 Å². The predicted octanol–water partition coefficient (Wildman–Crippen LogP) is 2.00. The van der Waals surface area contributed by atoms with Crippen LogP contribution in [0.15, 0.2) is 42.7 Å². The number of ether oxygens (including phenoxy) is 1. The van der Waals surface area contributed by atoms with Gasteiger partial charge in [-0.1, -0.05) is 0 Å². The average Bonchev–Trinajstić information content (AvgIpc) is 2.99. The van der Waals surface area contributed by atoms with E-state index in [1.807, 2.05) is 0 Å². The third-order valence-electron chi connectivity index (χ3n) is 3.14. The molecule has 2 aromatic heterocycles. The van der Waals surface area contributed by atoms with Gasteiger partial charge in [0, 0.05) is 18.1 Å². The Morgan fingerprint density at radius 1 is 1.18 bits per heavy atom. The lowest BCUT2D eigenvalue weighted by Crippen LogP contribution is -2.13. The number of amides is 1. The van der Waals surface area contributed by atoms with E-state index in [9.17, 15) is 9.59 Å². The Morgan fingerprint density at radius 2 is 1.95 bits per heavy atom. The number of nitrogens with one attached hydrogen (secondary N) is 2. The topological polar surface area (TPSA) is 97.0 Å². The quantitative estimate of drug-likeness (QED) is 0.720. The molecule has 3 aromatic rings. The zero-order valence-electron chi connectivity index (χ0n) is 11.7. The highest BCUT2D eigenvalue weighted by atomic mass is 16.5. The van der Waals surface area contributed by atoms with Gasteiger partial charge in [-0.2, -0.15) is 5.10 Å². The number of esters is 1. The lowest BCUT2D eigenvalue weighted by atomic mass is 10.2. The largest absolute Gasteiger partial charge is 0.465 e. The summed E-state index contributed by atoms with van der Waals surface area (Å²) in [4.78, 5) is 27.6. The van der Waals surface area contributed by atoms with Crippen LogP contribution in [0.1, 0.15) is 20.8 Å². The number of fused-ring (bicyclic) bond motifs is 1. The van der Waals surface area contributed by atoms with Gasteiger partial charge in [0.1, 0.15) is 0 Å². The van der Waals surface area contributed by atoms with Crippen molar-refractivity contribution in [1.29, 1.82) is 0 Å². The third kappa shape index (κ3) is 2.51. The first-order valence-electron chi connectivity index (χ1n) is 6.47. The van der Waals surface area contributed by atoms with Crippen molar-refractivity contribution >= 4 is 28.5 Å². The Bertz CT molecular complexity index is 839. The maximum absolute atomic E-state index is 12.3. The monoisotopic (exact) mass is 296 g/mol. The second-order valence-corrected chi connectivity index (χ2v) is 4.52. The number of hydrogen-bond acceptors (Lipinski definition) is 5. The summed E-state index contributed by atoms with van der Waals surface area (Å²) < 4.78 is 4.62. The highest BCUT2D eigenvalue weighted by molar-refractivity contribution is 6.10. The van der Waals surface area contributed by atoms with Gasteiger partial charge in [0.2, 0.25) is 0 Å². The van der Waals surface area contributed by atoms with Crippen LogP contribution in [0.3, 0.4) is 0 Å². The molecule has 0 saturated heterocycles. The molecule has 110 valence electrons. The fraction of sp³-hybridized carbons (Fsp3) is 0.0667. The molecule has 3 rings (SSSR count). The fourth-order valence-corrected chi connectivity index (χ4v) is 2.03. The van der Waals surface area contributed by atoms with Crippen molar-refractivity contribution in [3.8, 4) is 0 Å². The van der Waals surface area contributed by atoms with Crippen molar-refractivity contribution in [3.05, 3.63) is 54.0 Å². The van der Waals surface area contributed by atoms with Gasteiger partial charge >= 0.3 is 5.97 Å². The summed E-state index contributed by atoms with van der Waals surface area (Å²) in [5.74, 6) is -0.785. The van der Waals surface area contributed by atoms with E-state index in [2.05, 4.69) is 25.2 Å². The highest BCUT2D eigenvalue weighted by Crippen LogP contribution is 2.16. The summed E-state index contributed by atoms with van der Waals surface area (Å²) in [7, 11) is 1.31. The summed E-state index contributed by atoms with van der Waals surface area (Å²) >= 11 is 0. The molecule has 2 heterocycles. The number of anilines is 1. The van der Waals surface area contributed by atoms with Crippen molar-refractivity contribution in [3.63, 3.8) is 0 Å². The van der Waals surface area contributed by atoms with E-state index >= 15 is 0 Å². The van der Waals surface area contributed by atoms with Crippen LogP contribution in [0.4, 0.5) is 5.69 Å². The summed E-state index contributed by atoms with van der Waals surface area (Å²) in [5.41, 5.74) is 1.97. The maximum Gasteiger partial charge on any atom is 0.337 e. The van der Waals surface area contributed by atoms with Gasteiger partial charge in [0.05, 0.1) is 23.6 Å². The van der Waals surface area contributed by atoms with Gasteiger partial charge in [0.15, 0.2) is 5.69 Å². The van der Waals surface area contributed by atoms with Crippen molar-refractivity contribution in [1.82, 2.24) is 15.2 Å². The van der Waals surface area contributed by atoms with Crippen LogP contribution >= 0.6 is 0 Å². The molecule has 0 aliphatic heterocycles. The fourth-order valence-electron chi connectivity index (χ4n) is 2.03. The van der Waals surface area contributed by atoms with Crippen molar-refractivity contribution in [2.75, 3.05) is 12.4 Å². The van der Waals surface area contributed by atoms with Crippen molar-refractivity contribution < 1.29 is 14.3 Å². The van der Waals surface area contributed by atoms with Gasteiger partial charge in [-0.15, -0.1) is 0 Å². The Balaban J connectivity index is 1.81. The molecule has 0 fully saturated rings. The number of carbonyl (C=O) groups is 2. The van der Waals surface area contributed by atoms with E-state index < -0.39 is 5.97 Å². The minimum Gasteiger partial charge on any atom is -0.465 e. The minimum absolute atomic E-state index is 0.264. The van der Waals surface area contributed by atoms with Gasteiger partial charge in [-0.05, 0) is 30.3 Å². The van der Waals surface area contributed by atoms with E-state index in [0.29, 0.717) is 16.6 Å². The molecule has 0 bridgehead atoms. The van der Waals surface area contributed by atoms with Crippen LogP contribution in [-0.4, -0.2) is 34.2 Å².